The van der Waals surface area contributed by atoms with E-state index in [0.29, 0.717) is 10.9 Å². The highest BCUT2D eigenvalue weighted by atomic mass is 16.6. The van der Waals surface area contributed by atoms with E-state index in [1.807, 2.05) is 18.2 Å². The van der Waals surface area contributed by atoms with Gasteiger partial charge in [0.25, 0.3) is 5.69 Å². The lowest BCUT2D eigenvalue weighted by Crippen LogP contribution is -2.21. The summed E-state index contributed by atoms with van der Waals surface area (Å²) < 4.78 is 0. The zero-order chi connectivity index (χ0) is 12.4. The molecule has 5 nitrogen and oxygen atoms in total. The Morgan fingerprint density at radius 2 is 1.94 bits per heavy atom. The largest absolute Gasteiger partial charge is 0.329 e. The molecule has 0 fully saturated rings. The van der Waals surface area contributed by atoms with E-state index < -0.39 is 11.0 Å². The van der Waals surface area contributed by atoms with Gasteiger partial charge in [0, 0.05) is 18.2 Å². The van der Waals surface area contributed by atoms with E-state index in [2.05, 4.69) is 0 Å². The van der Waals surface area contributed by atoms with Crippen molar-refractivity contribution in [3.05, 3.63) is 52.1 Å². The van der Waals surface area contributed by atoms with Crippen molar-refractivity contribution in [1.82, 2.24) is 0 Å². The van der Waals surface area contributed by atoms with Crippen LogP contribution in [0.5, 0.6) is 0 Å². The van der Waals surface area contributed by atoms with Gasteiger partial charge >= 0.3 is 0 Å². The quantitative estimate of drug-likeness (QED) is 0.620. The van der Waals surface area contributed by atoms with Crippen LogP contribution in [0.4, 0.5) is 5.69 Å². The summed E-state index contributed by atoms with van der Waals surface area (Å²) in [7, 11) is 0. The van der Waals surface area contributed by atoms with E-state index >= 15 is 0 Å². The zero-order valence-electron chi connectivity index (χ0n) is 9.17. The maximum absolute atomic E-state index is 11.2. The van der Waals surface area contributed by atoms with Crippen molar-refractivity contribution < 1.29 is 4.92 Å². The van der Waals surface area contributed by atoms with E-state index in [4.69, 9.17) is 11.5 Å². The first-order chi connectivity index (χ1) is 8.15. The highest BCUT2D eigenvalue weighted by molar-refractivity contribution is 5.92. The molecule has 0 spiro atoms. The molecule has 0 unspecified atom stereocenters. The normalized spacial score (nSPS) is 12.6. The van der Waals surface area contributed by atoms with E-state index in [1.165, 1.54) is 0 Å². The van der Waals surface area contributed by atoms with Crippen LogP contribution in [0.15, 0.2) is 36.4 Å². The van der Waals surface area contributed by atoms with Gasteiger partial charge in [0.05, 0.1) is 10.3 Å². The van der Waals surface area contributed by atoms with E-state index in [9.17, 15) is 10.1 Å². The number of nitrogens with two attached hydrogens (primary N) is 2. The van der Waals surface area contributed by atoms with Gasteiger partial charge in [-0.15, -0.1) is 0 Å². The molecule has 0 aliphatic carbocycles. The number of nitrogens with zero attached hydrogens (tertiary/aromatic N) is 1. The third-order valence-electron chi connectivity index (χ3n) is 2.77. The molecule has 88 valence electrons. The fourth-order valence-electron chi connectivity index (χ4n) is 1.90. The summed E-state index contributed by atoms with van der Waals surface area (Å²) in [6.07, 6.45) is 0. The van der Waals surface area contributed by atoms with Crippen LogP contribution in [0.2, 0.25) is 0 Å². The molecule has 5 heteroatoms. The fraction of sp³-hybridized carbons (Fsp3) is 0.167. The van der Waals surface area contributed by atoms with E-state index in [1.54, 1.807) is 18.2 Å². The molecular weight excluding hydrogens is 218 g/mol. The Morgan fingerprint density at radius 3 is 2.59 bits per heavy atom. The van der Waals surface area contributed by atoms with Crippen molar-refractivity contribution in [2.75, 3.05) is 6.54 Å². The molecule has 2 aromatic carbocycles. The monoisotopic (exact) mass is 231 g/mol. The second kappa shape index (κ2) is 4.48. The zero-order valence-corrected chi connectivity index (χ0v) is 9.17. The molecule has 2 rings (SSSR count). The number of hydrogen-bond donors (Lipinski definition) is 2. The smallest absolute Gasteiger partial charge is 0.281 e. The van der Waals surface area contributed by atoms with Gasteiger partial charge in [-0.2, -0.15) is 0 Å². The van der Waals surface area contributed by atoms with Crippen molar-refractivity contribution >= 4 is 16.5 Å². The van der Waals surface area contributed by atoms with Crippen molar-refractivity contribution in [3.8, 4) is 0 Å². The first-order valence-corrected chi connectivity index (χ1v) is 5.27. The van der Waals surface area contributed by atoms with Crippen molar-refractivity contribution in [2.24, 2.45) is 11.5 Å². The van der Waals surface area contributed by atoms with Crippen LogP contribution in [0.3, 0.4) is 0 Å². The Morgan fingerprint density at radius 1 is 1.24 bits per heavy atom. The summed E-state index contributed by atoms with van der Waals surface area (Å²) in [5.74, 6) is 0. The van der Waals surface area contributed by atoms with Crippen molar-refractivity contribution in [1.29, 1.82) is 0 Å². The lowest BCUT2D eigenvalue weighted by atomic mass is 9.99. The standard InChI is InChI=1S/C12H13N3O2/c13-7-11(14)10-6-5-8-3-1-2-4-9(8)12(10)15(16)17/h1-6,11H,7,13-14H2/t11-/m1/s1. The van der Waals surface area contributed by atoms with Crippen LogP contribution in [-0.2, 0) is 0 Å². The number of fused-ring (bicyclic) bond motifs is 1. The molecule has 0 aromatic heterocycles. The first kappa shape index (κ1) is 11.5. The Kier molecular flexibility index (Phi) is 3.03. The predicted molar refractivity (Wildman–Crippen MR) is 66.6 cm³/mol. The summed E-state index contributed by atoms with van der Waals surface area (Å²) in [4.78, 5) is 10.8. The van der Waals surface area contributed by atoms with Gasteiger partial charge < -0.3 is 11.5 Å². The Balaban J connectivity index is 2.77. The summed E-state index contributed by atoms with van der Waals surface area (Å²) in [5.41, 5.74) is 11.8. The summed E-state index contributed by atoms with van der Waals surface area (Å²) in [5, 5.41) is 12.6. The molecule has 0 saturated carbocycles. The molecular formula is C12H13N3O2. The summed E-state index contributed by atoms with van der Waals surface area (Å²) in [6.45, 7) is 0.180. The van der Waals surface area contributed by atoms with E-state index in [-0.39, 0.29) is 12.2 Å². The number of hydrogen-bond acceptors (Lipinski definition) is 4. The Bertz CT molecular complexity index is 569. The van der Waals surface area contributed by atoms with Gasteiger partial charge in [0.15, 0.2) is 0 Å². The number of rotatable bonds is 3. The minimum atomic E-state index is -0.514. The fourth-order valence-corrected chi connectivity index (χ4v) is 1.90. The van der Waals surface area contributed by atoms with Crippen LogP contribution in [0.25, 0.3) is 10.8 Å². The molecule has 0 amide bonds. The van der Waals surface area contributed by atoms with Gasteiger partial charge in [0.1, 0.15) is 0 Å². The molecule has 0 radical (unpaired) electrons. The molecule has 0 saturated heterocycles. The molecule has 1 atom stereocenters. The van der Waals surface area contributed by atoms with Crippen molar-refractivity contribution in [3.63, 3.8) is 0 Å². The maximum Gasteiger partial charge on any atom is 0.281 e. The first-order valence-electron chi connectivity index (χ1n) is 5.27. The molecule has 4 N–H and O–H groups in total. The molecule has 0 heterocycles. The topological polar surface area (TPSA) is 95.2 Å². The van der Waals surface area contributed by atoms with Gasteiger partial charge in [-0.25, -0.2) is 0 Å². The van der Waals surface area contributed by atoms with Crippen LogP contribution < -0.4 is 11.5 Å². The average Bonchev–Trinajstić information content (AvgIpc) is 2.36. The third kappa shape index (κ3) is 1.98. The Hall–Kier alpha value is -1.98. The van der Waals surface area contributed by atoms with Crippen molar-refractivity contribution in [2.45, 2.75) is 6.04 Å². The van der Waals surface area contributed by atoms with Crippen LogP contribution in [0, 0.1) is 10.1 Å². The molecule has 0 bridgehead atoms. The maximum atomic E-state index is 11.2. The summed E-state index contributed by atoms with van der Waals surface area (Å²) >= 11 is 0. The highest BCUT2D eigenvalue weighted by Gasteiger charge is 2.21. The van der Waals surface area contributed by atoms with Crippen LogP contribution in [-0.4, -0.2) is 11.5 Å². The number of nitro benzene ring substituents is 1. The highest BCUT2D eigenvalue weighted by Crippen LogP contribution is 2.32. The van der Waals surface area contributed by atoms with E-state index in [0.717, 1.165) is 5.39 Å². The average molecular weight is 231 g/mol. The second-order valence-electron chi connectivity index (χ2n) is 3.82. The molecule has 17 heavy (non-hydrogen) atoms. The predicted octanol–water partition coefficient (Wildman–Crippen LogP) is 1.71. The number of benzene rings is 2. The van der Waals surface area contributed by atoms with Gasteiger partial charge in [-0.3, -0.25) is 10.1 Å². The third-order valence-corrected chi connectivity index (χ3v) is 2.77. The lowest BCUT2D eigenvalue weighted by Gasteiger charge is -2.11. The van der Waals surface area contributed by atoms with Crippen LogP contribution >= 0.6 is 0 Å². The second-order valence-corrected chi connectivity index (χ2v) is 3.82. The Labute approximate surface area is 98.2 Å². The lowest BCUT2D eigenvalue weighted by molar-refractivity contribution is -0.383. The number of nitro groups is 1. The SMILES string of the molecule is NC[C@@H](N)c1ccc2ccccc2c1[N+](=O)[O-]. The summed E-state index contributed by atoms with van der Waals surface area (Å²) in [6, 6.07) is 10.2. The van der Waals surface area contributed by atoms with Crippen LogP contribution in [0.1, 0.15) is 11.6 Å². The van der Waals surface area contributed by atoms with Gasteiger partial charge in [-0.1, -0.05) is 24.3 Å². The minimum absolute atomic E-state index is 0.0565. The van der Waals surface area contributed by atoms with Gasteiger partial charge in [0.2, 0.25) is 0 Å². The van der Waals surface area contributed by atoms with Gasteiger partial charge in [-0.05, 0) is 17.5 Å². The minimum Gasteiger partial charge on any atom is -0.329 e. The molecule has 2 aromatic rings. The molecule has 0 aliphatic rings. The molecule has 0 aliphatic heterocycles.